The van der Waals surface area contributed by atoms with Crippen molar-refractivity contribution in [3.8, 4) is 0 Å². The maximum Gasteiger partial charge on any atom is 0.237 e. The van der Waals surface area contributed by atoms with Gasteiger partial charge in [0.05, 0.1) is 6.04 Å². The quantitative estimate of drug-likeness (QED) is 0.828. The molecule has 0 bridgehead atoms. The van der Waals surface area contributed by atoms with Crippen LogP contribution in [0.2, 0.25) is 0 Å². The third-order valence-electron chi connectivity index (χ3n) is 5.28. The molecule has 2 aliphatic rings. The lowest BCUT2D eigenvalue weighted by Crippen LogP contribution is -2.54. The van der Waals surface area contributed by atoms with Crippen molar-refractivity contribution >= 4 is 11.8 Å². The summed E-state index contributed by atoms with van der Waals surface area (Å²) in [6.45, 7) is 9.73. The lowest BCUT2D eigenvalue weighted by molar-refractivity contribution is -0.129. The van der Waals surface area contributed by atoms with Crippen molar-refractivity contribution in [2.75, 3.05) is 13.1 Å². The Labute approximate surface area is 146 Å². The van der Waals surface area contributed by atoms with Crippen LogP contribution >= 0.6 is 0 Å². The number of hydrogen-bond acceptors (Lipinski definition) is 3. The predicted molar refractivity (Wildman–Crippen MR) is 96.7 cm³/mol. The van der Waals surface area contributed by atoms with E-state index in [0.717, 1.165) is 38.8 Å². The number of nitrogens with one attached hydrogen (secondary N) is 2. The van der Waals surface area contributed by atoms with Gasteiger partial charge in [-0.25, -0.2) is 0 Å². The molecule has 2 amide bonds. The summed E-state index contributed by atoms with van der Waals surface area (Å²) in [6.07, 6.45) is 7.63. The molecule has 0 aromatic carbocycles. The fourth-order valence-corrected chi connectivity index (χ4v) is 3.75. The SMILES string of the molecule is CC(C(=O)NC(C)(C)C)N1CCC(NC(=O)C2CCCCC2)CC1. The molecule has 0 spiro atoms. The third-order valence-corrected chi connectivity index (χ3v) is 5.28. The standard InChI is InChI=1S/C19H35N3O2/c1-14(17(23)21-19(2,3)4)22-12-10-16(11-13-22)20-18(24)15-8-6-5-7-9-15/h14-16H,5-13H2,1-4H3,(H,20,24)(H,21,23). The summed E-state index contributed by atoms with van der Waals surface area (Å²) in [5.41, 5.74) is -0.197. The van der Waals surface area contributed by atoms with Gasteiger partial charge in [-0.05, 0) is 53.4 Å². The maximum atomic E-state index is 12.4. The Morgan fingerprint density at radius 2 is 1.58 bits per heavy atom. The van der Waals surface area contributed by atoms with Gasteiger partial charge in [-0.15, -0.1) is 0 Å². The van der Waals surface area contributed by atoms with Crippen molar-refractivity contribution in [1.82, 2.24) is 15.5 Å². The third kappa shape index (κ3) is 5.76. The highest BCUT2D eigenvalue weighted by molar-refractivity contribution is 5.82. The van der Waals surface area contributed by atoms with E-state index in [1.807, 2.05) is 27.7 Å². The van der Waals surface area contributed by atoms with Crippen LogP contribution in [-0.2, 0) is 9.59 Å². The monoisotopic (exact) mass is 337 g/mol. The van der Waals surface area contributed by atoms with Crippen molar-refractivity contribution in [3.05, 3.63) is 0 Å². The van der Waals surface area contributed by atoms with Crippen molar-refractivity contribution < 1.29 is 9.59 Å². The van der Waals surface area contributed by atoms with Gasteiger partial charge < -0.3 is 10.6 Å². The molecule has 1 saturated carbocycles. The Kier molecular flexibility index (Phi) is 6.67. The number of amides is 2. The van der Waals surface area contributed by atoms with Crippen LogP contribution in [0, 0.1) is 5.92 Å². The van der Waals surface area contributed by atoms with Gasteiger partial charge in [0, 0.05) is 30.6 Å². The molecule has 2 N–H and O–H groups in total. The van der Waals surface area contributed by atoms with Crippen LogP contribution in [0.15, 0.2) is 0 Å². The van der Waals surface area contributed by atoms with Crippen molar-refractivity contribution in [1.29, 1.82) is 0 Å². The molecule has 5 heteroatoms. The van der Waals surface area contributed by atoms with E-state index in [9.17, 15) is 9.59 Å². The average Bonchev–Trinajstić information content (AvgIpc) is 2.54. The van der Waals surface area contributed by atoms with Crippen LogP contribution in [0.25, 0.3) is 0 Å². The Balaban J connectivity index is 1.74. The molecule has 1 atom stereocenters. The number of piperidine rings is 1. The maximum absolute atomic E-state index is 12.4. The van der Waals surface area contributed by atoms with Gasteiger partial charge in [0.2, 0.25) is 11.8 Å². The van der Waals surface area contributed by atoms with E-state index in [2.05, 4.69) is 15.5 Å². The summed E-state index contributed by atoms with van der Waals surface area (Å²) < 4.78 is 0. The summed E-state index contributed by atoms with van der Waals surface area (Å²) in [5, 5.41) is 6.30. The molecule has 0 radical (unpaired) electrons. The molecule has 0 aromatic heterocycles. The first-order valence-corrected chi connectivity index (χ1v) is 9.63. The van der Waals surface area contributed by atoms with Crippen LogP contribution < -0.4 is 10.6 Å². The van der Waals surface area contributed by atoms with E-state index in [4.69, 9.17) is 0 Å². The molecule has 1 heterocycles. The van der Waals surface area contributed by atoms with Crippen LogP contribution in [0.4, 0.5) is 0 Å². The highest BCUT2D eigenvalue weighted by Gasteiger charge is 2.30. The van der Waals surface area contributed by atoms with Gasteiger partial charge in [0.25, 0.3) is 0 Å². The number of carbonyl (C=O) groups is 2. The minimum absolute atomic E-state index is 0.0900. The van der Waals surface area contributed by atoms with Crippen LogP contribution in [-0.4, -0.2) is 47.4 Å². The van der Waals surface area contributed by atoms with Crippen LogP contribution in [0.1, 0.15) is 72.6 Å². The molecule has 1 unspecified atom stereocenters. The van der Waals surface area contributed by atoms with Gasteiger partial charge in [-0.2, -0.15) is 0 Å². The highest BCUT2D eigenvalue weighted by Crippen LogP contribution is 2.24. The van der Waals surface area contributed by atoms with E-state index in [1.54, 1.807) is 0 Å². The minimum Gasteiger partial charge on any atom is -0.353 e. The Morgan fingerprint density at radius 3 is 2.12 bits per heavy atom. The summed E-state index contributed by atoms with van der Waals surface area (Å²) in [6, 6.07) is 0.160. The minimum atomic E-state index is -0.197. The molecule has 1 saturated heterocycles. The molecule has 2 rings (SSSR count). The zero-order valence-electron chi connectivity index (χ0n) is 15.9. The van der Waals surface area contributed by atoms with Gasteiger partial charge in [-0.1, -0.05) is 19.3 Å². The van der Waals surface area contributed by atoms with E-state index in [1.165, 1.54) is 19.3 Å². The molecule has 5 nitrogen and oxygen atoms in total. The smallest absolute Gasteiger partial charge is 0.237 e. The van der Waals surface area contributed by atoms with Crippen LogP contribution in [0.3, 0.4) is 0 Å². The Hall–Kier alpha value is -1.10. The van der Waals surface area contributed by atoms with E-state index >= 15 is 0 Å². The molecule has 24 heavy (non-hydrogen) atoms. The normalized spacial score (nSPS) is 22.8. The lowest BCUT2D eigenvalue weighted by Gasteiger charge is -2.37. The summed E-state index contributed by atoms with van der Waals surface area (Å²) >= 11 is 0. The second kappa shape index (κ2) is 8.32. The summed E-state index contributed by atoms with van der Waals surface area (Å²) in [7, 11) is 0. The lowest BCUT2D eigenvalue weighted by atomic mass is 9.88. The predicted octanol–water partition coefficient (Wildman–Crippen LogP) is 2.45. The Morgan fingerprint density at radius 1 is 1.00 bits per heavy atom. The number of likely N-dealkylation sites (tertiary alicyclic amines) is 1. The molecule has 0 aromatic rings. The number of nitrogens with zero attached hydrogens (tertiary/aromatic N) is 1. The molecule has 2 fully saturated rings. The number of rotatable bonds is 4. The fourth-order valence-electron chi connectivity index (χ4n) is 3.75. The second-order valence-corrected chi connectivity index (χ2v) is 8.57. The topological polar surface area (TPSA) is 61.4 Å². The first-order valence-electron chi connectivity index (χ1n) is 9.63. The van der Waals surface area contributed by atoms with Crippen LogP contribution in [0.5, 0.6) is 0 Å². The zero-order chi connectivity index (χ0) is 17.7. The molecule has 1 aliphatic carbocycles. The van der Waals surface area contributed by atoms with Gasteiger partial charge in [0.15, 0.2) is 0 Å². The summed E-state index contributed by atoms with van der Waals surface area (Å²) in [4.78, 5) is 26.9. The summed E-state index contributed by atoms with van der Waals surface area (Å²) in [5.74, 6) is 0.576. The largest absolute Gasteiger partial charge is 0.353 e. The Bertz CT molecular complexity index is 430. The van der Waals surface area contributed by atoms with Gasteiger partial charge in [0.1, 0.15) is 0 Å². The molecular weight excluding hydrogens is 302 g/mol. The first kappa shape index (κ1) is 19.2. The highest BCUT2D eigenvalue weighted by atomic mass is 16.2. The molecular formula is C19H35N3O2. The number of carbonyl (C=O) groups excluding carboxylic acids is 2. The van der Waals surface area contributed by atoms with Crippen molar-refractivity contribution in [2.24, 2.45) is 5.92 Å². The van der Waals surface area contributed by atoms with Gasteiger partial charge in [-0.3, -0.25) is 14.5 Å². The van der Waals surface area contributed by atoms with E-state index in [0.29, 0.717) is 0 Å². The first-order chi connectivity index (χ1) is 11.3. The zero-order valence-corrected chi connectivity index (χ0v) is 15.9. The number of hydrogen-bond donors (Lipinski definition) is 2. The van der Waals surface area contributed by atoms with Gasteiger partial charge >= 0.3 is 0 Å². The molecule has 1 aliphatic heterocycles. The van der Waals surface area contributed by atoms with E-state index in [-0.39, 0.29) is 35.4 Å². The average molecular weight is 338 g/mol. The van der Waals surface area contributed by atoms with E-state index < -0.39 is 0 Å². The molecule has 138 valence electrons. The van der Waals surface area contributed by atoms with Crippen molar-refractivity contribution in [3.63, 3.8) is 0 Å². The van der Waals surface area contributed by atoms with Crippen molar-refractivity contribution in [2.45, 2.75) is 90.3 Å². The second-order valence-electron chi connectivity index (χ2n) is 8.57. The fraction of sp³-hybridized carbons (Fsp3) is 0.895.